The average molecular weight is 375 g/mol. The van der Waals surface area contributed by atoms with Gasteiger partial charge in [0.1, 0.15) is 0 Å². The van der Waals surface area contributed by atoms with Crippen LogP contribution in [0.15, 0.2) is 47.6 Å². The standard InChI is InChI=1S/C16H17N5O4S/c1-11(22)21-9-12(10-21)15(23)19-13-3-5-14(6-4-13)26(24,25)20-16-17-7-2-8-18-16/h2-8,12H,9-10H2,1H3,(H,19,23)(H,17,18,20). The number of likely N-dealkylation sites (tertiary alicyclic amines) is 1. The van der Waals surface area contributed by atoms with Gasteiger partial charge >= 0.3 is 0 Å². The number of amides is 2. The van der Waals surface area contributed by atoms with Crippen LogP contribution in [0.3, 0.4) is 0 Å². The van der Waals surface area contributed by atoms with Crippen molar-refractivity contribution in [3.05, 3.63) is 42.7 Å². The summed E-state index contributed by atoms with van der Waals surface area (Å²) in [7, 11) is -3.82. The van der Waals surface area contributed by atoms with Gasteiger partial charge in [-0.05, 0) is 30.3 Å². The Bertz CT molecular complexity index is 909. The molecule has 1 aliphatic heterocycles. The molecule has 1 fully saturated rings. The van der Waals surface area contributed by atoms with Gasteiger partial charge in [-0.3, -0.25) is 9.59 Å². The van der Waals surface area contributed by atoms with Crippen molar-refractivity contribution in [2.24, 2.45) is 5.92 Å². The van der Waals surface area contributed by atoms with Gasteiger partial charge in [-0.2, -0.15) is 0 Å². The molecule has 0 spiro atoms. The average Bonchev–Trinajstić information content (AvgIpc) is 2.54. The monoisotopic (exact) mass is 375 g/mol. The number of carbonyl (C=O) groups is 2. The zero-order chi connectivity index (χ0) is 18.7. The van der Waals surface area contributed by atoms with Gasteiger partial charge < -0.3 is 10.2 Å². The number of nitrogens with one attached hydrogen (secondary N) is 2. The first-order valence-electron chi connectivity index (χ1n) is 7.81. The molecule has 0 aliphatic carbocycles. The molecule has 10 heteroatoms. The van der Waals surface area contributed by atoms with Crippen LogP contribution in [0.2, 0.25) is 0 Å². The van der Waals surface area contributed by atoms with Crippen LogP contribution < -0.4 is 10.0 Å². The molecule has 26 heavy (non-hydrogen) atoms. The molecule has 0 saturated carbocycles. The predicted octanol–water partition coefficient (Wildman–Crippen LogP) is 0.694. The quantitative estimate of drug-likeness (QED) is 0.793. The molecule has 0 bridgehead atoms. The number of hydrogen-bond acceptors (Lipinski definition) is 6. The highest BCUT2D eigenvalue weighted by molar-refractivity contribution is 7.92. The molecule has 1 aliphatic rings. The van der Waals surface area contributed by atoms with Gasteiger partial charge in [0, 0.05) is 38.1 Å². The van der Waals surface area contributed by atoms with Crippen LogP contribution in [-0.4, -0.2) is 48.2 Å². The lowest BCUT2D eigenvalue weighted by Gasteiger charge is -2.37. The largest absolute Gasteiger partial charge is 0.341 e. The molecular weight excluding hydrogens is 358 g/mol. The number of hydrogen-bond donors (Lipinski definition) is 2. The highest BCUT2D eigenvalue weighted by atomic mass is 32.2. The smallest absolute Gasteiger partial charge is 0.264 e. The zero-order valence-electron chi connectivity index (χ0n) is 13.9. The zero-order valence-corrected chi connectivity index (χ0v) is 14.7. The SMILES string of the molecule is CC(=O)N1CC(C(=O)Nc2ccc(S(=O)(=O)Nc3ncccn3)cc2)C1. The van der Waals surface area contributed by atoms with Gasteiger partial charge in [0.2, 0.25) is 17.8 Å². The maximum atomic E-state index is 12.3. The summed E-state index contributed by atoms with van der Waals surface area (Å²) in [5.41, 5.74) is 0.478. The van der Waals surface area contributed by atoms with Crippen LogP contribution in [0, 0.1) is 5.92 Å². The summed E-state index contributed by atoms with van der Waals surface area (Å²) in [4.78, 5) is 32.5. The number of aromatic nitrogens is 2. The summed E-state index contributed by atoms with van der Waals surface area (Å²) >= 11 is 0. The third-order valence-electron chi connectivity index (χ3n) is 3.92. The fraction of sp³-hybridized carbons (Fsp3) is 0.250. The van der Waals surface area contributed by atoms with E-state index in [2.05, 4.69) is 20.0 Å². The van der Waals surface area contributed by atoms with Crippen molar-refractivity contribution in [3.63, 3.8) is 0 Å². The minimum Gasteiger partial charge on any atom is -0.341 e. The lowest BCUT2D eigenvalue weighted by Crippen LogP contribution is -2.53. The molecule has 2 amide bonds. The molecule has 2 aromatic rings. The van der Waals surface area contributed by atoms with Gasteiger partial charge in [0.25, 0.3) is 10.0 Å². The van der Waals surface area contributed by atoms with Gasteiger partial charge in [0.15, 0.2) is 0 Å². The number of nitrogens with zero attached hydrogens (tertiary/aromatic N) is 3. The molecule has 3 rings (SSSR count). The fourth-order valence-corrected chi connectivity index (χ4v) is 3.35. The van der Waals surface area contributed by atoms with Crippen molar-refractivity contribution in [2.75, 3.05) is 23.1 Å². The Balaban J connectivity index is 1.61. The van der Waals surface area contributed by atoms with E-state index in [0.717, 1.165) is 0 Å². The highest BCUT2D eigenvalue weighted by Crippen LogP contribution is 2.20. The highest BCUT2D eigenvalue weighted by Gasteiger charge is 2.34. The van der Waals surface area contributed by atoms with Gasteiger partial charge in [0.05, 0.1) is 10.8 Å². The summed E-state index contributed by atoms with van der Waals surface area (Å²) in [5.74, 6) is -0.531. The first-order valence-corrected chi connectivity index (χ1v) is 9.30. The summed E-state index contributed by atoms with van der Waals surface area (Å²) in [6.07, 6.45) is 2.86. The minimum absolute atomic E-state index is 0.0225. The molecule has 136 valence electrons. The molecule has 0 radical (unpaired) electrons. The van der Waals surface area contributed by atoms with Gasteiger partial charge in [-0.1, -0.05) is 0 Å². The van der Waals surface area contributed by atoms with Gasteiger partial charge in [-0.25, -0.2) is 23.1 Å². The summed E-state index contributed by atoms with van der Waals surface area (Å²) < 4.78 is 26.8. The van der Waals surface area contributed by atoms with Crippen molar-refractivity contribution in [1.29, 1.82) is 0 Å². The van der Waals surface area contributed by atoms with E-state index in [1.54, 1.807) is 11.0 Å². The second-order valence-corrected chi connectivity index (χ2v) is 7.49. The van der Waals surface area contributed by atoms with Crippen molar-refractivity contribution in [3.8, 4) is 0 Å². The Morgan fingerprint density at radius 3 is 2.31 bits per heavy atom. The van der Waals surface area contributed by atoms with E-state index in [1.807, 2.05) is 0 Å². The van der Waals surface area contributed by atoms with E-state index < -0.39 is 10.0 Å². The maximum Gasteiger partial charge on any atom is 0.264 e. The van der Waals surface area contributed by atoms with Crippen molar-refractivity contribution in [2.45, 2.75) is 11.8 Å². The Kier molecular flexibility index (Phi) is 4.85. The minimum atomic E-state index is -3.82. The molecule has 0 atom stereocenters. The molecule has 9 nitrogen and oxygen atoms in total. The number of benzene rings is 1. The third-order valence-corrected chi connectivity index (χ3v) is 5.27. The van der Waals surface area contributed by atoms with Crippen molar-refractivity contribution < 1.29 is 18.0 Å². The molecule has 2 N–H and O–H groups in total. The number of rotatable bonds is 5. The third kappa shape index (κ3) is 3.97. The van der Waals surface area contributed by atoms with E-state index in [-0.39, 0.29) is 28.6 Å². The van der Waals surface area contributed by atoms with Crippen molar-refractivity contribution >= 4 is 33.5 Å². The maximum absolute atomic E-state index is 12.3. The molecular formula is C16H17N5O4S. The molecule has 0 unspecified atom stereocenters. The van der Waals surface area contributed by atoms with E-state index in [9.17, 15) is 18.0 Å². The topological polar surface area (TPSA) is 121 Å². The van der Waals surface area contributed by atoms with Crippen LogP contribution in [-0.2, 0) is 19.6 Å². The summed E-state index contributed by atoms with van der Waals surface area (Å²) in [6, 6.07) is 7.33. The number of sulfonamides is 1. The lowest BCUT2D eigenvalue weighted by molar-refractivity contribution is -0.139. The van der Waals surface area contributed by atoms with Crippen LogP contribution in [0.25, 0.3) is 0 Å². The van der Waals surface area contributed by atoms with Crippen LogP contribution in [0.1, 0.15) is 6.92 Å². The van der Waals surface area contributed by atoms with E-state index in [1.165, 1.54) is 43.6 Å². The summed E-state index contributed by atoms with van der Waals surface area (Å²) in [5, 5.41) is 2.71. The Labute approximate surface area is 150 Å². The van der Waals surface area contributed by atoms with Crippen LogP contribution >= 0.6 is 0 Å². The number of carbonyl (C=O) groups excluding carboxylic acids is 2. The Morgan fingerprint density at radius 1 is 1.12 bits per heavy atom. The fourth-order valence-electron chi connectivity index (χ4n) is 2.39. The second kappa shape index (κ2) is 7.08. The summed E-state index contributed by atoms with van der Waals surface area (Å²) in [6.45, 7) is 2.26. The first kappa shape index (κ1) is 17.8. The van der Waals surface area contributed by atoms with E-state index in [0.29, 0.717) is 18.8 Å². The van der Waals surface area contributed by atoms with Crippen LogP contribution in [0.5, 0.6) is 0 Å². The van der Waals surface area contributed by atoms with Crippen molar-refractivity contribution in [1.82, 2.24) is 14.9 Å². The predicted molar refractivity (Wildman–Crippen MR) is 93.7 cm³/mol. The number of anilines is 2. The Morgan fingerprint density at radius 2 is 1.73 bits per heavy atom. The van der Waals surface area contributed by atoms with Gasteiger partial charge in [-0.15, -0.1) is 0 Å². The molecule has 1 saturated heterocycles. The van der Waals surface area contributed by atoms with E-state index >= 15 is 0 Å². The van der Waals surface area contributed by atoms with E-state index in [4.69, 9.17) is 0 Å². The first-order chi connectivity index (χ1) is 12.3. The molecule has 1 aromatic heterocycles. The van der Waals surface area contributed by atoms with Crippen LogP contribution in [0.4, 0.5) is 11.6 Å². The lowest BCUT2D eigenvalue weighted by atomic mass is 9.99. The second-order valence-electron chi connectivity index (χ2n) is 5.81. The normalized spacial score (nSPS) is 14.4. The molecule has 1 aromatic carbocycles. The Hall–Kier alpha value is -3.01. The molecule has 2 heterocycles.